The number of aromatic amines is 1. The number of hydrogen-bond acceptors (Lipinski definition) is 17. The molecular weight excluding hydrogens is 1050 g/mol. The van der Waals surface area contributed by atoms with Crippen molar-refractivity contribution in [1.82, 2.24) is 34.5 Å². The molecule has 4 aromatic heterocycles. The van der Waals surface area contributed by atoms with Gasteiger partial charge in [-0.15, -0.1) is 0 Å². The van der Waals surface area contributed by atoms with Crippen molar-refractivity contribution in [2.45, 2.75) is 120 Å². The molecule has 2 saturated heterocycles. The number of aliphatic hydroxyl groups is 1. The van der Waals surface area contributed by atoms with Crippen LogP contribution in [-0.2, 0) is 16.6 Å². The maximum Gasteiger partial charge on any atom is 0.312 e. The number of carbonyl (C=O) groups excluding carboxylic acids is 1. The van der Waals surface area contributed by atoms with E-state index in [1.54, 1.807) is 19.1 Å². The second-order valence-corrected chi connectivity index (χ2v) is 24.8. The van der Waals surface area contributed by atoms with Gasteiger partial charge in [-0.25, -0.2) is 27.5 Å². The summed E-state index contributed by atoms with van der Waals surface area (Å²) in [6.45, 7) is 14.4. The quantitative estimate of drug-likeness (QED) is 0.0448. The van der Waals surface area contributed by atoms with Crippen LogP contribution in [0.5, 0.6) is 23.1 Å². The molecule has 2 saturated carbocycles. The van der Waals surface area contributed by atoms with Crippen LogP contribution in [0.3, 0.4) is 0 Å². The number of rotatable bonds is 16. The third kappa shape index (κ3) is 11.3. The third-order valence-corrected chi connectivity index (χ3v) is 18.5. The zero-order valence-electron chi connectivity index (χ0n) is 45.8. The van der Waals surface area contributed by atoms with Crippen LogP contribution < -0.4 is 34.5 Å². The minimum atomic E-state index is -4.75. The van der Waals surface area contributed by atoms with Gasteiger partial charge < -0.3 is 39.8 Å². The molecule has 80 heavy (non-hydrogen) atoms. The van der Waals surface area contributed by atoms with Gasteiger partial charge >= 0.3 is 5.69 Å². The fourth-order valence-corrected chi connectivity index (χ4v) is 13.5. The molecule has 2 aromatic carbocycles. The lowest BCUT2D eigenvalue weighted by Gasteiger charge is -2.58. The number of piperidine rings is 1. The van der Waals surface area contributed by atoms with E-state index in [4.69, 9.17) is 14.2 Å². The van der Waals surface area contributed by atoms with E-state index in [9.17, 15) is 32.8 Å². The van der Waals surface area contributed by atoms with Gasteiger partial charge in [0.1, 0.15) is 28.2 Å². The van der Waals surface area contributed by atoms with Gasteiger partial charge in [0.05, 0.1) is 41.3 Å². The van der Waals surface area contributed by atoms with E-state index in [1.807, 2.05) is 6.20 Å². The smallest absolute Gasteiger partial charge is 0.312 e. The standard InChI is InChI=1S/C58H70FN11O9S/c1-35(2)42-8-6-7-9-43(42)48-34-67(33-38-14-19-60-54-51(38)78-36(3)29-61-54)22-23-69(48)40-27-58(28-40)17-20-68(21-18-58)39-10-11-44(49(24-39)79-50-26-45-46(59)32-64-52(45)65-56(50)77-5)55(71)66-80(75,76)41-25-47(70(73)74)53(63-31-41)62-30-37-12-15-57(4,72)16-13-37/h6-11,14,19,24-26,31-32,35-37,40,48,72H,12-13,15-18,20-23,27-30,33-34H2,1-5H3,(H,60,61)(H,62,63)(H,64,65)(H,66,71)/t36?,37?,48-,57?/m0/s1. The zero-order valence-corrected chi connectivity index (χ0v) is 46.7. The average molecular weight is 1120 g/mol. The van der Waals surface area contributed by atoms with E-state index in [2.05, 4.69) is 101 Å². The molecule has 3 aliphatic heterocycles. The van der Waals surface area contributed by atoms with Gasteiger partial charge in [-0.05, 0) is 112 Å². The van der Waals surface area contributed by atoms with E-state index < -0.39 is 42.9 Å². The highest BCUT2D eigenvalue weighted by molar-refractivity contribution is 7.90. The summed E-state index contributed by atoms with van der Waals surface area (Å²) in [5.74, 6) is 0.255. The van der Waals surface area contributed by atoms with Crippen molar-refractivity contribution >= 4 is 50.0 Å². The van der Waals surface area contributed by atoms with Gasteiger partial charge in [0.2, 0.25) is 5.82 Å². The number of sulfonamides is 1. The first kappa shape index (κ1) is 54.8. The largest absolute Gasteiger partial charge is 0.485 e. The van der Waals surface area contributed by atoms with Gasteiger partial charge in [-0.1, -0.05) is 38.1 Å². The molecule has 1 unspecified atom stereocenters. The molecule has 0 bridgehead atoms. The van der Waals surface area contributed by atoms with E-state index >= 15 is 0 Å². The molecule has 1 spiro atoms. The van der Waals surface area contributed by atoms with Crippen LogP contribution in [0.1, 0.15) is 118 Å². The second-order valence-electron chi connectivity index (χ2n) is 23.1. The Kier molecular flexibility index (Phi) is 15.1. The number of ether oxygens (including phenoxy) is 3. The summed E-state index contributed by atoms with van der Waals surface area (Å²) in [7, 11) is -3.38. The number of aromatic nitrogens is 4. The number of H-pyrrole nitrogens is 1. The Morgan fingerprint density at radius 1 is 1.02 bits per heavy atom. The van der Waals surface area contributed by atoms with Crippen LogP contribution in [0.15, 0.2) is 84.1 Å². The number of pyridine rings is 3. The fourth-order valence-electron chi connectivity index (χ4n) is 12.6. The van der Waals surface area contributed by atoms with Crippen molar-refractivity contribution in [3.8, 4) is 23.1 Å². The molecule has 2 atom stereocenters. The van der Waals surface area contributed by atoms with Crippen LogP contribution in [0, 0.1) is 27.3 Å². The SMILES string of the molecule is COc1nc2[nH]cc(F)c2cc1Oc1cc(N2CCC3(CC2)CC(N2CCN(Cc4ccnc5c4OC(C)CN5)C[C@H]2c2ccccc2C(C)C)C3)ccc1C(=O)NS(=O)(=O)c1cnc(NCC2CCC(C)(O)CC2)c([N+](=O)[O-])c1. The monoisotopic (exact) mass is 1120 g/mol. The molecule has 1 amide bonds. The predicted octanol–water partition coefficient (Wildman–Crippen LogP) is 9.30. The number of amides is 1. The molecule has 7 heterocycles. The van der Waals surface area contributed by atoms with Crippen molar-refractivity contribution in [1.29, 1.82) is 0 Å². The Morgan fingerprint density at radius 2 is 1.80 bits per heavy atom. The Labute approximate surface area is 465 Å². The lowest BCUT2D eigenvalue weighted by molar-refractivity contribution is -0.384. The number of anilines is 3. The zero-order chi connectivity index (χ0) is 56.1. The Balaban J connectivity index is 0.803. The van der Waals surface area contributed by atoms with E-state index in [-0.39, 0.29) is 63.3 Å². The van der Waals surface area contributed by atoms with Crippen molar-refractivity contribution in [2.75, 3.05) is 68.5 Å². The highest BCUT2D eigenvalue weighted by Gasteiger charge is 2.50. The second kappa shape index (κ2) is 22.1. The summed E-state index contributed by atoms with van der Waals surface area (Å²) in [6.07, 6.45) is 10.7. The van der Waals surface area contributed by atoms with Crippen LogP contribution in [0.4, 0.5) is 27.4 Å². The molecule has 5 N–H and O–H groups in total. The number of nitro groups is 1. The first-order valence-electron chi connectivity index (χ1n) is 27.8. The molecule has 11 rings (SSSR count). The molecule has 5 aliphatic rings. The first-order valence-corrected chi connectivity index (χ1v) is 29.2. The van der Waals surface area contributed by atoms with Crippen molar-refractivity contribution in [2.24, 2.45) is 11.3 Å². The predicted molar refractivity (Wildman–Crippen MR) is 301 cm³/mol. The number of methoxy groups -OCH3 is 1. The van der Waals surface area contributed by atoms with Gasteiger partial charge in [0, 0.05) is 99.7 Å². The van der Waals surface area contributed by atoms with Crippen LogP contribution >= 0.6 is 0 Å². The van der Waals surface area contributed by atoms with Crippen LogP contribution in [0.2, 0.25) is 0 Å². The molecule has 0 radical (unpaired) electrons. The summed E-state index contributed by atoms with van der Waals surface area (Å²) in [6, 6.07) is 18.7. The number of nitrogens with zero attached hydrogens (tertiary/aromatic N) is 7. The molecule has 424 valence electrons. The topological polar surface area (TPSA) is 243 Å². The Bertz CT molecular complexity index is 3410. The molecule has 4 fully saturated rings. The van der Waals surface area contributed by atoms with Crippen LogP contribution in [0.25, 0.3) is 11.0 Å². The van der Waals surface area contributed by atoms with Gasteiger partial charge in [-0.3, -0.25) is 24.7 Å². The fraction of sp³-hybridized carbons (Fsp3) is 0.483. The first-order chi connectivity index (χ1) is 38.3. The van der Waals surface area contributed by atoms with Gasteiger partial charge in [0.15, 0.2) is 17.3 Å². The summed E-state index contributed by atoms with van der Waals surface area (Å²) < 4.78 is 63.1. The maximum absolute atomic E-state index is 15.0. The van der Waals surface area contributed by atoms with E-state index in [0.717, 1.165) is 113 Å². The lowest BCUT2D eigenvalue weighted by Crippen LogP contribution is -2.60. The van der Waals surface area contributed by atoms with E-state index in [1.165, 1.54) is 30.4 Å². The number of halogens is 1. The third-order valence-electron chi connectivity index (χ3n) is 17.2. The number of piperazine rings is 1. The maximum atomic E-state index is 15.0. The molecule has 20 nitrogen and oxygen atoms in total. The lowest BCUT2D eigenvalue weighted by atomic mass is 9.59. The number of benzene rings is 2. The average Bonchev–Trinajstić information content (AvgIpc) is 3.71. The minimum Gasteiger partial charge on any atom is -0.485 e. The number of carbonyl (C=O) groups is 1. The number of hydrogen-bond donors (Lipinski definition) is 5. The van der Waals surface area contributed by atoms with Crippen molar-refractivity contribution < 1.29 is 41.8 Å². The minimum absolute atomic E-state index is 0.0175. The van der Waals surface area contributed by atoms with Crippen molar-refractivity contribution in [3.05, 3.63) is 117 Å². The number of nitrogens with one attached hydrogen (secondary N) is 4. The van der Waals surface area contributed by atoms with Crippen molar-refractivity contribution in [3.63, 3.8) is 0 Å². The van der Waals surface area contributed by atoms with Gasteiger partial charge in [-0.2, -0.15) is 4.98 Å². The summed E-state index contributed by atoms with van der Waals surface area (Å²) in [4.78, 5) is 48.5. The molecule has 6 aromatic rings. The molecule has 2 aliphatic carbocycles. The van der Waals surface area contributed by atoms with Crippen LogP contribution in [-0.4, -0.2) is 125 Å². The summed E-state index contributed by atoms with van der Waals surface area (Å²) in [5, 5.41) is 29.1. The Hall–Kier alpha value is -7.14. The summed E-state index contributed by atoms with van der Waals surface area (Å²) >= 11 is 0. The van der Waals surface area contributed by atoms with E-state index in [0.29, 0.717) is 44.2 Å². The normalized spacial score (nSPS) is 22.5. The molecular formula is C58H70FN11O9S. The summed E-state index contributed by atoms with van der Waals surface area (Å²) in [5.41, 5.74) is 3.45. The number of fused-ring (bicyclic) bond motifs is 2. The highest BCUT2D eigenvalue weighted by atomic mass is 32.2. The Morgan fingerprint density at radius 3 is 2.55 bits per heavy atom. The van der Waals surface area contributed by atoms with Gasteiger partial charge in [0.25, 0.3) is 21.8 Å². The highest BCUT2D eigenvalue weighted by Crippen LogP contribution is 2.54. The molecule has 22 heteroatoms.